The van der Waals surface area contributed by atoms with Crippen LogP contribution in [0.25, 0.3) is 21.3 Å². The van der Waals surface area contributed by atoms with Crippen LogP contribution in [-0.2, 0) is 9.47 Å². The summed E-state index contributed by atoms with van der Waals surface area (Å²) < 4.78 is 11.3. The van der Waals surface area contributed by atoms with Gasteiger partial charge in [0.15, 0.2) is 0 Å². The topological polar surface area (TPSA) is 59.5 Å². The second-order valence-electron chi connectivity index (χ2n) is 7.78. The minimum atomic E-state index is 0.402. The molecule has 30 heavy (non-hydrogen) atoms. The van der Waals surface area contributed by atoms with Crippen LogP contribution in [0.15, 0.2) is 36.0 Å². The summed E-state index contributed by atoms with van der Waals surface area (Å²) in [6, 6.07) is 8.34. The zero-order chi connectivity index (χ0) is 20.3. The number of hydrogen-bond donors (Lipinski definition) is 1. The van der Waals surface area contributed by atoms with Gasteiger partial charge in [-0.2, -0.15) is 0 Å². The number of halogens is 1. The molecule has 2 aliphatic rings. The highest BCUT2D eigenvalue weighted by molar-refractivity contribution is 7.17. The van der Waals surface area contributed by atoms with Gasteiger partial charge in [0.1, 0.15) is 17.0 Å². The van der Waals surface area contributed by atoms with Crippen molar-refractivity contribution in [3.8, 4) is 11.1 Å². The predicted molar refractivity (Wildman–Crippen MR) is 121 cm³/mol. The van der Waals surface area contributed by atoms with Crippen LogP contribution in [0.4, 0.5) is 5.82 Å². The minimum Gasteiger partial charge on any atom is -0.381 e. The summed E-state index contributed by atoms with van der Waals surface area (Å²) in [6.07, 6.45) is 2.76. The van der Waals surface area contributed by atoms with Gasteiger partial charge in [0, 0.05) is 54.2 Å². The Balaban J connectivity index is 1.42. The Bertz CT molecular complexity index is 984. The predicted octanol–water partition coefficient (Wildman–Crippen LogP) is 4.16. The molecule has 3 aromatic rings. The summed E-state index contributed by atoms with van der Waals surface area (Å²) >= 11 is 7.73. The molecule has 0 unspecified atom stereocenters. The Kier molecular flexibility index (Phi) is 6.15. The lowest BCUT2D eigenvalue weighted by Crippen LogP contribution is -2.50. The molecule has 4 heterocycles. The second kappa shape index (κ2) is 9.16. The average Bonchev–Trinajstić information content (AvgIpc) is 3.46. The molecule has 0 bridgehead atoms. The van der Waals surface area contributed by atoms with E-state index >= 15 is 0 Å². The van der Waals surface area contributed by atoms with Gasteiger partial charge >= 0.3 is 0 Å². The number of nitrogens with one attached hydrogen (secondary N) is 1. The van der Waals surface area contributed by atoms with Crippen LogP contribution in [0.5, 0.6) is 0 Å². The van der Waals surface area contributed by atoms with Gasteiger partial charge in [0.05, 0.1) is 25.2 Å². The first-order valence-corrected chi connectivity index (χ1v) is 11.7. The van der Waals surface area contributed by atoms with Gasteiger partial charge in [0.2, 0.25) is 0 Å². The van der Waals surface area contributed by atoms with E-state index in [4.69, 9.17) is 21.1 Å². The molecule has 0 amide bonds. The highest BCUT2D eigenvalue weighted by atomic mass is 35.5. The zero-order valence-corrected chi connectivity index (χ0v) is 18.3. The van der Waals surface area contributed by atoms with Crippen molar-refractivity contribution in [1.29, 1.82) is 0 Å². The fourth-order valence-corrected chi connectivity index (χ4v) is 5.45. The van der Waals surface area contributed by atoms with Gasteiger partial charge in [-0.3, -0.25) is 4.90 Å². The van der Waals surface area contributed by atoms with E-state index in [2.05, 4.69) is 25.6 Å². The molecule has 0 saturated carbocycles. The van der Waals surface area contributed by atoms with Crippen molar-refractivity contribution in [2.75, 3.05) is 51.4 Å². The van der Waals surface area contributed by atoms with E-state index in [1.807, 2.05) is 24.3 Å². The monoisotopic (exact) mass is 444 g/mol. The second-order valence-corrected chi connectivity index (χ2v) is 9.07. The average molecular weight is 445 g/mol. The van der Waals surface area contributed by atoms with Crippen molar-refractivity contribution in [3.63, 3.8) is 0 Å². The van der Waals surface area contributed by atoms with Gasteiger partial charge in [-0.15, -0.1) is 11.3 Å². The zero-order valence-electron chi connectivity index (χ0n) is 16.7. The Morgan fingerprint density at radius 2 is 1.97 bits per heavy atom. The molecule has 0 spiro atoms. The van der Waals surface area contributed by atoms with E-state index in [-0.39, 0.29) is 0 Å². The van der Waals surface area contributed by atoms with Crippen LogP contribution >= 0.6 is 22.9 Å². The number of hydrogen-bond acceptors (Lipinski definition) is 7. The maximum absolute atomic E-state index is 6.08. The number of morpholine rings is 1. The van der Waals surface area contributed by atoms with Crippen molar-refractivity contribution in [2.45, 2.75) is 12.5 Å². The molecule has 8 heteroatoms. The van der Waals surface area contributed by atoms with Crippen LogP contribution in [0.2, 0.25) is 5.02 Å². The fraction of sp³-hybridized carbons (Fsp3) is 0.455. The SMILES string of the molecule is Clc1ccc(-c2csc3ncnc(NC[C@H]([C@H]4CCOC4)N4CCOCC4)c23)cc1. The lowest BCUT2D eigenvalue weighted by molar-refractivity contribution is 0.00460. The van der Waals surface area contributed by atoms with E-state index in [1.165, 1.54) is 0 Å². The molecule has 0 aliphatic carbocycles. The summed E-state index contributed by atoms with van der Waals surface area (Å²) in [5.41, 5.74) is 2.26. The molecule has 5 rings (SSSR count). The normalized spacial score (nSPS) is 21.2. The van der Waals surface area contributed by atoms with Crippen LogP contribution < -0.4 is 5.32 Å². The lowest BCUT2D eigenvalue weighted by Gasteiger charge is -2.37. The summed E-state index contributed by atoms with van der Waals surface area (Å²) in [7, 11) is 0. The molecule has 1 N–H and O–H groups in total. The molecular weight excluding hydrogens is 420 g/mol. The van der Waals surface area contributed by atoms with Crippen molar-refractivity contribution >= 4 is 39.0 Å². The van der Waals surface area contributed by atoms with E-state index in [0.717, 1.165) is 84.7 Å². The Morgan fingerprint density at radius 1 is 1.13 bits per heavy atom. The molecule has 0 radical (unpaired) electrons. The third kappa shape index (κ3) is 4.18. The van der Waals surface area contributed by atoms with Crippen LogP contribution in [0.1, 0.15) is 6.42 Å². The van der Waals surface area contributed by atoms with Gasteiger partial charge in [-0.05, 0) is 24.1 Å². The minimum absolute atomic E-state index is 0.402. The Hall–Kier alpha value is -1.77. The molecule has 6 nitrogen and oxygen atoms in total. The summed E-state index contributed by atoms with van der Waals surface area (Å²) in [5.74, 6) is 1.43. The molecule has 2 aromatic heterocycles. The quantitative estimate of drug-likeness (QED) is 0.616. The maximum Gasteiger partial charge on any atom is 0.138 e. The number of benzene rings is 1. The smallest absolute Gasteiger partial charge is 0.138 e. The first kappa shape index (κ1) is 20.2. The van der Waals surface area contributed by atoms with Crippen molar-refractivity contribution in [1.82, 2.24) is 14.9 Å². The number of anilines is 1. The van der Waals surface area contributed by atoms with Gasteiger partial charge in [-0.1, -0.05) is 23.7 Å². The highest BCUT2D eigenvalue weighted by Crippen LogP contribution is 2.37. The summed E-state index contributed by atoms with van der Waals surface area (Å²) in [6.45, 7) is 6.05. The van der Waals surface area contributed by atoms with E-state index in [1.54, 1.807) is 17.7 Å². The number of rotatable bonds is 6. The number of nitrogens with zero attached hydrogens (tertiary/aromatic N) is 3. The van der Waals surface area contributed by atoms with Gasteiger partial charge < -0.3 is 14.8 Å². The molecule has 2 aliphatic heterocycles. The van der Waals surface area contributed by atoms with Gasteiger partial charge in [0.25, 0.3) is 0 Å². The van der Waals surface area contributed by atoms with Crippen LogP contribution in [-0.4, -0.2) is 67.0 Å². The Labute approximate surface area is 185 Å². The van der Waals surface area contributed by atoms with Gasteiger partial charge in [-0.25, -0.2) is 9.97 Å². The molecule has 2 saturated heterocycles. The highest BCUT2D eigenvalue weighted by Gasteiger charge is 2.31. The summed E-state index contributed by atoms with van der Waals surface area (Å²) in [4.78, 5) is 12.6. The standard InChI is InChI=1S/C22H25ClN4O2S/c23-17-3-1-15(2-4-17)18-13-30-22-20(18)21(25-14-26-22)24-11-19(16-5-8-29-12-16)27-6-9-28-10-7-27/h1-4,13-14,16,19H,5-12H2,(H,24,25,26)/t16-,19+/m0/s1. The van der Waals surface area contributed by atoms with Crippen LogP contribution in [0.3, 0.4) is 0 Å². The van der Waals surface area contributed by atoms with Crippen molar-refractivity contribution in [3.05, 3.63) is 41.0 Å². The summed E-state index contributed by atoms with van der Waals surface area (Å²) in [5, 5.41) is 7.63. The molecule has 158 valence electrons. The fourth-order valence-electron chi connectivity index (χ4n) is 4.41. The third-order valence-electron chi connectivity index (χ3n) is 6.03. The number of ether oxygens (including phenoxy) is 2. The number of thiophene rings is 1. The molecule has 2 fully saturated rings. The largest absolute Gasteiger partial charge is 0.381 e. The van der Waals surface area contributed by atoms with Crippen molar-refractivity contribution < 1.29 is 9.47 Å². The molecule has 2 atom stereocenters. The first-order valence-electron chi connectivity index (χ1n) is 10.4. The van der Waals surface area contributed by atoms with Crippen molar-refractivity contribution in [2.24, 2.45) is 5.92 Å². The van der Waals surface area contributed by atoms with E-state index < -0.39 is 0 Å². The first-order chi connectivity index (χ1) is 14.8. The third-order valence-corrected chi connectivity index (χ3v) is 7.17. The number of aromatic nitrogens is 2. The van der Waals surface area contributed by atoms with Crippen LogP contribution in [0, 0.1) is 5.92 Å². The van der Waals surface area contributed by atoms with E-state index in [9.17, 15) is 0 Å². The number of fused-ring (bicyclic) bond motifs is 1. The Morgan fingerprint density at radius 3 is 2.73 bits per heavy atom. The lowest BCUT2D eigenvalue weighted by atomic mass is 9.96. The maximum atomic E-state index is 6.08. The van der Waals surface area contributed by atoms with E-state index in [0.29, 0.717) is 12.0 Å². The molecular formula is C22H25ClN4O2S. The molecule has 1 aromatic carbocycles.